The van der Waals surface area contributed by atoms with Gasteiger partial charge in [0.2, 0.25) is 0 Å². The van der Waals surface area contributed by atoms with Gasteiger partial charge in [-0.2, -0.15) is 0 Å². The van der Waals surface area contributed by atoms with Crippen LogP contribution in [-0.2, 0) is 34.8 Å². The Bertz CT molecular complexity index is 883. The predicted molar refractivity (Wildman–Crippen MR) is 210 cm³/mol. The molecule has 0 bridgehead atoms. The van der Waals surface area contributed by atoms with Gasteiger partial charge in [-0.15, -0.1) is 0 Å². The Balaban J connectivity index is 4.62. The first-order valence-electron chi connectivity index (χ1n) is 20.7. The summed E-state index contributed by atoms with van der Waals surface area (Å²) in [6, 6.07) is 0. The molecule has 0 atom stereocenters. The van der Waals surface area contributed by atoms with Crippen molar-refractivity contribution in [2.45, 2.75) is 192 Å². The van der Waals surface area contributed by atoms with Crippen LogP contribution in [0.25, 0.3) is 0 Å². The summed E-state index contributed by atoms with van der Waals surface area (Å²) in [5.74, 6) is -1.02. The Morgan fingerprint density at radius 1 is 0.431 bits per heavy atom. The summed E-state index contributed by atoms with van der Waals surface area (Å²) in [7, 11) is 0. The average molecular weight is 828 g/mol. The third-order valence-corrected chi connectivity index (χ3v) is 18.6. The van der Waals surface area contributed by atoms with Gasteiger partial charge in [-0.05, 0) is 11.8 Å². The number of carbonyl (C=O) groups is 4. The molecule has 0 aliphatic rings. The summed E-state index contributed by atoms with van der Waals surface area (Å²) in [5.41, 5.74) is 0. The first-order valence-corrected chi connectivity index (χ1v) is 27.1. The van der Waals surface area contributed by atoms with Gasteiger partial charge < -0.3 is 0 Å². The minimum atomic E-state index is -4.27. The normalized spacial score (nSPS) is 11.9. The first kappa shape index (κ1) is 49.2. The van der Waals surface area contributed by atoms with Crippen molar-refractivity contribution in [2.75, 3.05) is 13.2 Å². The maximum absolute atomic E-state index is 12.9. The van der Waals surface area contributed by atoms with E-state index in [4.69, 9.17) is 15.6 Å². The second-order valence-electron chi connectivity index (χ2n) is 15.0. The van der Waals surface area contributed by atoms with Crippen LogP contribution < -0.4 is 0 Å². The summed E-state index contributed by atoms with van der Waals surface area (Å²) in [6.45, 7) is 13.8. The third kappa shape index (κ3) is 32.5. The van der Waals surface area contributed by atoms with E-state index in [9.17, 15) is 19.2 Å². The molecule has 0 fully saturated rings. The number of hydrogen-bond donors (Lipinski definition) is 0. The minimum absolute atomic E-state index is 0.313. The Kier molecular flexibility index (Phi) is 32.7. The molecular formula is C42H76O8Sn. The quantitative estimate of drug-likeness (QED) is 0.0273. The molecule has 0 amide bonds. The molecule has 0 N–H and O–H groups in total. The molecule has 0 aromatic carbocycles. The van der Waals surface area contributed by atoms with Crippen LogP contribution in [0.1, 0.15) is 183 Å². The summed E-state index contributed by atoms with van der Waals surface area (Å²) in [4.78, 5) is 50.2. The third-order valence-electron chi connectivity index (χ3n) is 8.95. The molecule has 0 saturated carbocycles. The number of carbonyl (C=O) groups excluding carboxylic acids is 4. The fourth-order valence-corrected chi connectivity index (χ4v) is 15.4. The molecule has 0 rings (SSSR count). The summed E-state index contributed by atoms with van der Waals surface area (Å²) in [5, 5.41) is 0. The van der Waals surface area contributed by atoms with E-state index >= 15 is 0 Å². The van der Waals surface area contributed by atoms with Crippen molar-refractivity contribution in [1.82, 2.24) is 0 Å². The first-order chi connectivity index (χ1) is 24.5. The predicted octanol–water partition coefficient (Wildman–Crippen LogP) is 11.6. The number of rotatable bonds is 34. The molecule has 296 valence electrons. The van der Waals surface area contributed by atoms with E-state index in [1.54, 1.807) is 0 Å². The van der Waals surface area contributed by atoms with Crippen LogP contribution >= 0.6 is 0 Å². The van der Waals surface area contributed by atoms with Crippen LogP contribution in [0, 0.1) is 11.8 Å². The van der Waals surface area contributed by atoms with Gasteiger partial charge >= 0.3 is 228 Å². The van der Waals surface area contributed by atoms with E-state index in [0.717, 1.165) is 100 Å². The van der Waals surface area contributed by atoms with Gasteiger partial charge in [0.25, 0.3) is 0 Å². The SMILES string of the molecule is CCC[CH2][Sn]([CH2]CCC)([O]C(=O)C=CC(=O)OCCCCCCCCCCC(C)C)[O]C(=O)C=CC(=O)OCCCCCCCCCCC(C)C. The van der Waals surface area contributed by atoms with Crippen LogP contribution in [0.15, 0.2) is 24.3 Å². The van der Waals surface area contributed by atoms with Crippen molar-refractivity contribution in [3.63, 3.8) is 0 Å². The van der Waals surface area contributed by atoms with Gasteiger partial charge in [0.1, 0.15) is 0 Å². The average Bonchev–Trinajstić information content (AvgIpc) is 3.09. The van der Waals surface area contributed by atoms with Gasteiger partial charge in [0, 0.05) is 0 Å². The molecule has 9 heteroatoms. The summed E-state index contributed by atoms with van der Waals surface area (Å²) in [6.07, 6.45) is 28.7. The molecule has 0 radical (unpaired) electrons. The molecule has 0 unspecified atom stereocenters. The van der Waals surface area contributed by atoms with Crippen molar-refractivity contribution in [2.24, 2.45) is 11.8 Å². The van der Waals surface area contributed by atoms with E-state index in [-0.39, 0.29) is 0 Å². The van der Waals surface area contributed by atoms with Crippen molar-refractivity contribution >= 4 is 43.1 Å². The Hall–Kier alpha value is -1.84. The maximum atomic E-state index is 12.9. The zero-order valence-corrected chi connectivity index (χ0v) is 36.5. The van der Waals surface area contributed by atoms with Crippen molar-refractivity contribution < 1.29 is 34.8 Å². The van der Waals surface area contributed by atoms with Crippen LogP contribution in [0.2, 0.25) is 8.87 Å². The summed E-state index contributed by atoms with van der Waals surface area (Å²) < 4.78 is 23.4. The molecule has 8 nitrogen and oxygen atoms in total. The molecule has 0 spiro atoms. The zero-order valence-electron chi connectivity index (χ0n) is 33.6. The van der Waals surface area contributed by atoms with Gasteiger partial charge in [-0.25, -0.2) is 0 Å². The number of ether oxygens (including phenoxy) is 2. The van der Waals surface area contributed by atoms with Crippen LogP contribution in [0.3, 0.4) is 0 Å². The molecular weight excluding hydrogens is 751 g/mol. The van der Waals surface area contributed by atoms with Crippen molar-refractivity contribution in [3.8, 4) is 0 Å². The number of hydrogen-bond acceptors (Lipinski definition) is 8. The van der Waals surface area contributed by atoms with Gasteiger partial charge in [0.15, 0.2) is 0 Å². The van der Waals surface area contributed by atoms with Crippen molar-refractivity contribution in [3.05, 3.63) is 24.3 Å². The standard InChI is InChI=1S/2C17H30O4.2C4H9.Sn/c2*1-15(2)11-9-7-5-3-4-6-8-10-14-21-17(20)13-12-16(18)19;2*1-3-4-2;/h2*12-13,15H,3-11,14H2,1-2H3,(H,18,19);2*1,3-4H2,2H3;/q;;;;+2/p-2. The number of unbranched alkanes of at least 4 members (excludes halogenated alkanes) is 16. The van der Waals surface area contributed by atoms with Crippen LogP contribution in [0.4, 0.5) is 0 Å². The second-order valence-corrected chi connectivity index (χ2v) is 24.2. The van der Waals surface area contributed by atoms with Gasteiger partial charge in [-0.3, -0.25) is 0 Å². The van der Waals surface area contributed by atoms with Crippen LogP contribution in [-0.4, -0.2) is 56.3 Å². The topological polar surface area (TPSA) is 105 Å². The smallest absolute Gasteiger partial charge is 0.0628 e. The van der Waals surface area contributed by atoms with Gasteiger partial charge in [-0.1, -0.05) is 79.1 Å². The molecule has 0 aliphatic carbocycles. The summed E-state index contributed by atoms with van der Waals surface area (Å²) >= 11 is -4.27. The zero-order chi connectivity index (χ0) is 38.0. The van der Waals surface area contributed by atoms with E-state index in [0.29, 0.717) is 22.1 Å². The molecule has 0 aromatic rings. The monoisotopic (exact) mass is 828 g/mol. The second kappa shape index (κ2) is 34.0. The van der Waals surface area contributed by atoms with Crippen LogP contribution in [0.5, 0.6) is 0 Å². The molecule has 51 heavy (non-hydrogen) atoms. The van der Waals surface area contributed by atoms with Gasteiger partial charge in [0.05, 0.1) is 0 Å². The number of esters is 2. The van der Waals surface area contributed by atoms with Crippen molar-refractivity contribution in [1.29, 1.82) is 0 Å². The van der Waals surface area contributed by atoms with E-state index in [2.05, 4.69) is 27.7 Å². The van der Waals surface area contributed by atoms with E-state index < -0.39 is 43.1 Å². The molecule has 0 saturated heterocycles. The molecule has 0 aromatic heterocycles. The minimum Gasteiger partial charge on any atom is -0.0628 e. The fraction of sp³-hybridized carbons (Fsp3) is 0.810. The Morgan fingerprint density at radius 2 is 0.725 bits per heavy atom. The molecule has 0 heterocycles. The Labute approximate surface area is 317 Å². The Morgan fingerprint density at radius 3 is 1.04 bits per heavy atom. The molecule has 0 aliphatic heterocycles. The van der Waals surface area contributed by atoms with E-state index in [1.807, 2.05) is 13.8 Å². The van der Waals surface area contributed by atoms with E-state index in [1.165, 1.54) is 77.0 Å². The fourth-order valence-electron chi connectivity index (χ4n) is 5.82.